The van der Waals surface area contributed by atoms with Crippen LogP contribution in [0.2, 0.25) is 0 Å². The van der Waals surface area contributed by atoms with Gasteiger partial charge in [-0.05, 0) is 64.2 Å². The van der Waals surface area contributed by atoms with Gasteiger partial charge in [0.25, 0.3) is 0 Å². The Labute approximate surface area is 391 Å². The summed E-state index contributed by atoms with van der Waals surface area (Å²) in [4.78, 5) is 26.2. The van der Waals surface area contributed by atoms with Crippen LogP contribution in [0.1, 0.15) is 278 Å². The van der Waals surface area contributed by atoms with Crippen molar-refractivity contribution in [2.45, 2.75) is 296 Å². The molecule has 0 aliphatic heterocycles. The summed E-state index contributed by atoms with van der Waals surface area (Å²) in [6.07, 6.45) is 61.8. The van der Waals surface area contributed by atoms with Crippen molar-refractivity contribution in [3.8, 4) is 0 Å². The predicted molar refractivity (Wildman–Crippen MR) is 273 cm³/mol. The van der Waals surface area contributed by atoms with Gasteiger partial charge in [-0.15, -0.1) is 0 Å². The van der Waals surface area contributed by atoms with Gasteiger partial charge in [0.2, 0.25) is 5.91 Å². The molecule has 63 heavy (non-hydrogen) atoms. The fourth-order valence-corrected chi connectivity index (χ4v) is 8.25. The van der Waals surface area contributed by atoms with Crippen molar-refractivity contribution in [1.82, 2.24) is 5.32 Å². The van der Waals surface area contributed by atoms with Gasteiger partial charge in [-0.25, -0.2) is 0 Å². The number of unbranched alkanes of at least 4 members (excludes halogenated alkanes) is 29. The van der Waals surface area contributed by atoms with Crippen molar-refractivity contribution in [3.05, 3.63) is 48.6 Å². The summed E-state index contributed by atoms with van der Waals surface area (Å²) in [5.41, 5.74) is 0. The zero-order valence-corrected chi connectivity index (χ0v) is 42.0. The predicted octanol–water partition coefficient (Wildman–Crippen LogP) is 16.6. The van der Waals surface area contributed by atoms with Crippen molar-refractivity contribution in [3.63, 3.8) is 0 Å². The number of rotatable bonds is 49. The molecule has 0 heterocycles. The number of ether oxygens (including phenoxy) is 1. The van der Waals surface area contributed by atoms with E-state index in [-0.39, 0.29) is 24.9 Å². The fourth-order valence-electron chi connectivity index (χ4n) is 8.25. The van der Waals surface area contributed by atoms with Crippen LogP contribution in [0, 0.1) is 0 Å². The quantitative estimate of drug-likeness (QED) is 0.0321. The van der Waals surface area contributed by atoms with Crippen LogP contribution in [0.3, 0.4) is 0 Å². The highest BCUT2D eigenvalue weighted by Crippen LogP contribution is 2.18. The molecule has 0 radical (unpaired) electrons. The summed E-state index contributed by atoms with van der Waals surface area (Å²) in [6.45, 7) is 6.45. The number of amides is 1. The van der Waals surface area contributed by atoms with E-state index in [0.717, 1.165) is 64.2 Å². The molecule has 1 amide bonds. The smallest absolute Gasteiger partial charge is 0.306 e. The maximum Gasteiger partial charge on any atom is 0.306 e. The van der Waals surface area contributed by atoms with E-state index < -0.39 is 18.2 Å². The zero-order chi connectivity index (χ0) is 45.9. The van der Waals surface area contributed by atoms with E-state index in [2.05, 4.69) is 74.7 Å². The highest BCUT2D eigenvalue weighted by Gasteiger charge is 2.24. The van der Waals surface area contributed by atoms with E-state index in [1.807, 2.05) is 0 Å². The topological polar surface area (TPSA) is 95.9 Å². The monoisotopic (exact) mass is 884 g/mol. The van der Waals surface area contributed by atoms with Crippen LogP contribution in [0.4, 0.5) is 0 Å². The van der Waals surface area contributed by atoms with E-state index in [4.69, 9.17) is 4.74 Å². The third kappa shape index (κ3) is 46.2. The van der Waals surface area contributed by atoms with Gasteiger partial charge in [0.15, 0.2) is 0 Å². The van der Waals surface area contributed by atoms with E-state index in [0.29, 0.717) is 25.7 Å². The van der Waals surface area contributed by atoms with Gasteiger partial charge >= 0.3 is 5.97 Å². The highest BCUT2D eigenvalue weighted by molar-refractivity contribution is 5.77. The fraction of sp³-hybridized carbons (Fsp3) is 0.825. The molecule has 0 spiro atoms. The molecule has 0 aromatic carbocycles. The molecule has 0 aromatic rings. The molecule has 368 valence electrons. The molecule has 0 saturated carbocycles. The summed E-state index contributed by atoms with van der Waals surface area (Å²) in [6, 6.07) is -0.710. The van der Waals surface area contributed by atoms with E-state index >= 15 is 0 Å². The summed E-state index contributed by atoms with van der Waals surface area (Å²) in [7, 11) is 0. The minimum Gasteiger partial charge on any atom is -0.462 e. The molecule has 0 fully saturated rings. The van der Waals surface area contributed by atoms with Crippen molar-refractivity contribution < 1.29 is 24.5 Å². The largest absolute Gasteiger partial charge is 0.462 e. The Morgan fingerprint density at radius 2 is 0.810 bits per heavy atom. The third-order valence-corrected chi connectivity index (χ3v) is 12.4. The van der Waals surface area contributed by atoms with Crippen LogP contribution >= 0.6 is 0 Å². The van der Waals surface area contributed by atoms with Gasteiger partial charge in [-0.2, -0.15) is 0 Å². The van der Waals surface area contributed by atoms with Gasteiger partial charge in [-0.1, -0.05) is 249 Å². The molecular weight excluding hydrogens is 779 g/mol. The average molecular weight is 884 g/mol. The Hall–Kier alpha value is -2.18. The minimum atomic E-state index is -0.795. The Kier molecular flexibility index (Phi) is 49.1. The second-order valence-electron chi connectivity index (χ2n) is 18.6. The maximum absolute atomic E-state index is 13.2. The number of esters is 1. The number of allylic oxidation sites excluding steroid dienone is 8. The van der Waals surface area contributed by atoms with Gasteiger partial charge in [0, 0.05) is 6.42 Å². The first-order chi connectivity index (χ1) is 31.0. The molecule has 3 atom stereocenters. The molecule has 0 aliphatic rings. The summed E-state index contributed by atoms with van der Waals surface area (Å²) < 4.78 is 5.92. The third-order valence-electron chi connectivity index (χ3n) is 12.4. The van der Waals surface area contributed by atoms with Crippen molar-refractivity contribution in [2.75, 3.05) is 6.61 Å². The molecular formula is C57H105NO5. The van der Waals surface area contributed by atoms with Gasteiger partial charge in [0.05, 0.1) is 25.2 Å². The summed E-state index contributed by atoms with van der Waals surface area (Å²) in [5, 5.41) is 23.7. The molecule has 0 aliphatic carbocycles. The van der Waals surface area contributed by atoms with Gasteiger partial charge < -0.3 is 20.3 Å². The van der Waals surface area contributed by atoms with Crippen molar-refractivity contribution in [1.29, 1.82) is 0 Å². The first-order valence-electron chi connectivity index (χ1n) is 27.4. The Morgan fingerprint density at radius 1 is 0.460 bits per heavy atom. The van der Waals surface area contributed by atoms with Gasteiger partial charge in [-0.3, -0.25) is 9.59 Å². The van der Waals surface area contributed by atoms with Crippen LogP contribution in [-0.2, 0) is 14.3 Å². The number of aliphatic hydroxyl groups is 2. The van der Waals surface area contributed by atoms with Gasteiger partial charge in [0.1, 0.15) is 6.10 Å². The Morgan fingerprint density at radius 3 is 1.22 bits per heavy atom. The minimum absolute atomic E-state index is 0.0588. The second kappa shape index (κ2) is 50.8. The number of aliphatic hydroxyl groups excluding tert-OH is 2. The van der Waals surface area contributed by atoms with Crippen LogP contribution in [-0.4, -0.2) is 46.9 Å². The van der Waals surface area contributed by atoms with Crippen LogP contribution in [0.25, 0.3) is 0 Å². The Bertz CT molecular complexity index is 1080. The lowest BCUT2D eigenvalue weighted by atomic mass is 10.0. The number of hydrogen-bond donors (Lipinski definition) is 3. The first kappa shape index (κ1) is 60.8. The second-order valence-corrected chi connectivity index (χ2v) is 18.6. The van der Waals surface area contributed by atoms with Crippen molar-refractivity contribution >= 4 is 11.9 Å². The van der Waals surface area contributed by atoms with E-state index in [9.17, 15) is 19.8 Å². The molecule has 0 aromatic heterocycles. The van der Waals surface area contributed by atoms with E-state index in [1.54, 1.807) is 0 Å². The normalized spacial score (nSPS) is 13.5. The number of hydrogen-bond acceptors (Lipinski definition) is 5. The highest BCUT2D eigenvalue weighted by atomic mass is 16.5. The number of nitrogens with one attached hydrogen (secondary N) is 1. The Balaban J connectivity index is 4.63. The average Bonchev–Trinajstić information content (AvgIpc) is 3.28. The summed E-state index contributed by atoms with van der Waals surface area (Å²) >= 11 is 0. The van der Waals surface area contributed by atoms with Crippen molar-refractivity contribution in [2.24, 2.45) is 0 Å². The standard InChI is InChI=1S/C57H105NO5/c1-4-7-10-13-16-19-22-24-26-28-30-32-34-36-39-42-45-48-53(51-56(61)58-54(52-59)55(60)49-46-43-40-37-21-18-15-12-9-6-3)63-57(62)50-47-44-41-38-35-33-31-29-27-25-23-20-17-14-11-8-5-2/h17,20,25,27,31,33,38,41,53-55,59-60H,4-16,18-19,21-24,26,28-30,32,34-37,39-40,42-52H2,1-3H3,(H,58,61)/b20-17-,27-25-,33-31-,41-38-. The lowest BCUT2D eigenvalue weighted by Gasteiger charge is -2.24. The lowest BCUT2D eigenvalue weighted by molar-refractivity contribution is -0.151. The molecule has 0 rings (SSSR count). The zero-order valence-electron chi connectivity index (χ0n) is 42.0. The molecule has 3 unspecified atom stereocenters. The van der Waals surface area contributed by atoms with Crippen LogP contribution < -0.4 is 5.32 Å². The summed E-state index contributed by atoms with van der Waals surface area (Å²) in [5.74, 6) is -0.530. The van der Waals surface area contributed by atoms with E-state index in [1.165, 1.54) is 161 Å². The lowest BCUT2D eigenvalue weighted by Crippen LogP contribution is -2.46. The molecule has 0 saturated heterocycles. The maximum atomic E-state index is 13.2. The molecule has 6 heteroatoms. The SMILES string of the molecule is CCCCC/C=C\C/C=C\C/C=C\C/C=C\CCCC(=O)OC(CCCCCCCCCCCCCCCCCCC)CC(=O)NC(CO)C(O)CCCCCCCCCCCC. The molecule has 3 N–H and O–H groups in total. The van der Waals surface area contributed by atoms with Crippen LogP contribution in [0.5, 0.6) is 0 Å². The molecule has 6 nitrogen and oxygen atoms in total. The van der Waals surface area contributed by atoms with Crippen LogP contribution in [0.15, 0.2) is 48.6 Å². The number of carbonyl (C=O) groups excluding carboxylic acids is 2. The first-order valence-corrected chi connectivity index (χ1v) is 27.4. The number of carbonyl (C=O) groups is 2. The molecule has 0 bridgehead atoms.